The van der Waals surface area contributed by atoms with Crippen molar-refractivity contribution in [2.45, 2.75) is 4.90 Å². The number of halogens is 1. The van der Waals surface area contributed by atoms with Gasteiger partial charge in [0, 0.05) is 6.20 Å². The van der Waals surface area contributed by atoms with Crippen molar-refractivity contribution in [3.63, 3.8) is 0 Å². The molecule has 0 aliphatic heterocycles. The van der Waals surface area contributed by atoms with Crippen LogP contribution < -0.4 is 14.2 Å². The maximum atomic E-state index is 12.4. The second-order valence-corrected chi connectivity index (χ2v) is 6.50. The van der Waals surface area contributed by atoms with Crippen molar-refractivity contribution < 1.29 is 17.9 Å². The van der Waals surface area contributed by atoms with Crippen molar-refractivity contribution in [3.8, 4) is 11.6 Å². The predicted molar refractivity (Wildman–Crippen MR) is 82.3 cm³/mol. The van der Waals surface area contributed by atoms with E-state index >= 15 is 0 Å². The molecule has 0 spiro atoms. The standard InChI is InChI=1S/C13H13BrN2O4S/c1-19-12-6-5-9(8-10(12)14)21(17,18)16-11-4-3-7-15-13(11)20-2/h3-8,16H,1-2H3. The van der Waals surface area contributed by atoms with Crippen LogP contribution in [-0.2, 0) is 10.0 Å². The highest BCUT2D eigenvalue weighted by Crippen LogP contribution is 2.29. The highest BCUT2D eigenvalue weighted by molar-refractivity contribution is 9.10. The lowest BCUT2D eigenvalue weighted by molar-refractivity contribution is 0.400. The molecule has 6 nitrogen and oxygen atoms in total. The monoisotopic (exact) mass is 372 g/mol. The largest absolute Gasteiger partial charge is 0.496 e. The van der Waals surface area contributed by atoms with Gasteiger partial charge in [-0.05, 0) is 46.3 Å². The van der Waals surface area contributed by atoms with Crippen LogP contribution in [0.5, 0.6) is 11.6 Å². The van der Waals surface area contributed by atoms with Gasteiger partial charge in [-0.1, -0.05) is 0 Å². The number of benzene rings is 1. The third-order valence-corrected chi connectivity index (χ3v) is 4.63. The fourth-order valence-corrected chi connectivity index (χ4v) is 3.42. The van der Waals surface area contributed by atoms with Crippen molar-refractivity contribution >= 4 is 31.6 Å². The average molecular weight is 373 g/mol. The fraction of sp³-hybridized carbons (Fsp3) is 0.154. The molecule has 8 heteroatoms. The van der Waals surface area contributed by atoms with Gasteiger partial charge in [0.1, 0.15) is 11.4 Å². The van der Waals surface area contributed by atoms with Crippen LogP contribution in [0.3, 0.4) is 0 Å². The number of ether oxygens (including phenoxy) is 2. The second-order valence-electron chi connectivity index (χ2n) is 3.96. The van der Waals surface area contributed by atoms with Gasteiger partial charge < -0.3 is 9.47 Å². The molecule has 112 valence electrons. The van der Waals surface area contributed by atoms with E-state index in [1.165, 1.54) is 32.5 Å². The fourth-order valence-electron chi connectivity index (χ4n) is 1.65. The van der Waals surface area contributed by atoms with Gasteiger partial charge in [-0.3, -0.25) is 4.72 Å². The molecular formula is C13H13BrN2O4S. The van der Waals surface area contributed by atoms with Crippen LogP contribution in [0.15, 0.2) is 45.9 Å². The van der Waals surface area contributed by atoms with E-state index in [0.29, 0.717) is 10.2 Å². The minimum absolute atomic E-state index is 0.0982. The summed E-state index contributed by atoms with van der Waals surface area (Å²) in [5.41, 5.74) is 0.270. The summed E-state index contributed by atoms with van der Waals surface area (Å²) in [7, 11) is -0.821. The van der Waals surface area contributed by atoms with Crippen molar-refractivity contribution in [1.29, 1.82) is 0 Å². The van der Waals surface area contributed by atoms with E-state index in [1.54, 1.807) is 18.2 Å². The van der Waals surface area contributed by atoms with E-state index < -0.39 is 10.0 Å². The summed E-state index contributed by atoms with van der Waals surface area (Å²) in [6.45, 7) is 0. The van der Waals surface area contributed by atoms with Crippen molar-refractivity contribution in [2.75, 3.05) is 18.9 Å². The smallest absolute Gasteiger partial charge is 0.262 e. The van der Waals surface area contributed by atoms with Crippen molar-refractivity contribution in [2.24, 2.45) is 0 Å². The average Bonchev–Trinajstić information content (AvgIpc) is 2.47. The SMILES string of the molecule is COc1ccc(S(=O)(=O)Nc2cccnc2OC)cc1Br. The lowest BCUT2D eigenvalue weighted by Gasteiger charge is -2.11. The zero-order valence-electron chi connectivity index (χ0n) is 11.3. The summed E-state index contributed by atoms with van der Waals surface area (Å²) in [5.74, 6) is 0.751. The van der Waals surface area contributed by atoms with E-state index in [9.17, 15) is 8.42 Å². The van der Waals surface area contributed by atoms with Crippen LogP contribution in [-0.4, -0.2) is 27.6 Å². The number of aromatic nitrogens is 1. The van der Waals surface area contributed by atoms with Gasteiger partial charge in [0.05, 0.1) is 23.6 Å². The molecule has 1 aromatic carbocycles. The molecule has 2 aromatic rings. The Hall–Kier alpha value is -1.80. The Morgan fingerprint density at radius 1 is 1.19 bits per heavy atom. The van der Waals surface area contributed by atoms with Crippen LogP contribution >= 0.6 is 15.9 Å². The minimum Gasteiger partial charge on any atom is -0.496 e. The molecule has 1 N–H and O–H groups in total. The summed E-state index contributed by atoms with van der Waals surface area (Å²) < 4.78 is 37.8. The van der Waals surface area contributed by atoms with Gasteiger partial charge in [-0.2, -0.15) is 0 Å². The highest BCUT2D eigenvalue weighted by Gasteiger charge is 2.18. The Bertz CT molecular complexity index is 750. The van der Waals surface area contributed by atoms with Gasteiger partial charge >= 0.3 is 0 Å². The van der Waals surface area contributed by atoms with E-state index in [4.69, 9.17) is 9.47 Å². The third-order valence-electron chi connectivity index (χ3n) is 2.64. The third kappa shape index (κ3) is 3.45. The van der Waals surface area contributed by atoms with Crippen LogP contribution in [0, 0.1) is 0 Å². The number of hydrogen-bond donors (Lipinski definition) is 1. The van der Waals surface area contributed by atoms with E-state index in [0.717, 1.165) is 0 Å². The Kier molecular flexibility index (Phi) is 4.69. The first-order valence-electron chi connectivity index (χ1n) is 5.83. The lowest BCUT2D eigenvalue weighted by Crippen LogP contribution is -2.14. The molecule has 1 aromatic heterocycles. The molecule has 0 unspecified atom stereocenters. The summed E-state index contributed by atoms with van der Waals surface area (Å²) in [5, 5.41) is 0. The molecular weight excluding hydrogens is 360 g/mol. The molecule has 0 radical (unpaired) electrons. The Morgan fingerprint density at radius 3 is 2.57 bits per heavy atom. The second kappa shape index (κ2) is 6.31. The maximum absolute atomic E-state index is 12.4. The normalized spacial score (nSPS) is 11.0. The van der Waals surface area contributed by atoms with Crippen molar-refractivity contribution in [1.82, 2.24) is 4.98 Å². The van der Waals surface area contributed by atoms with Gasteiger partial charge in [0.2, 0.25) is 5.88 Å². The molecule has 0 saturated heterocycles. The molecule has 0 amide bonds. The van der Waals surface area contributed by atoms with Crippen LogP contribution in [0.2, 0.25) is 0 Å². The lowest BCUT2D eigenvalue weighted by atomic mass is 10.3. The van der Waals surface area contributed by atoms with Crippen molar-refractivity contribution in [3.05, 3.63) is 41.0 Å². The zero-order valence-corrected chi connectivity index (χ0v) is 13.7. The maximum Gasteiger partial charge on any atom is 0.262 e. The number of hydrogen-bond acceptors (Lipinski definition) is 5. The topological polar surface area (TPSA) is 77.5 Å². The van der Waals surface area contributed by atoms with Crippen LogP contribution in [0.1, 0.15) is 0 Å². The quantitative estimate of drug-likeness (QED) is 0.872. The molecule has 0 aliphatic rings. The number of nitrogens with zero attached hydrogens (tertiary/aromatic N) is 1. The first-order chi connectivity index (χ1) is 9.97. The molecule has 0 atom stereocenters. The van der Waals surface area contributed by atoms with Gasteiger partial charge in [-0.15, -0.1) is 0 Å². The summed E-state index contributed by atoms with van der Waals surface area (Å²) in [4.78, 5) is 4.04. The number of anilines is 1. The van der Waals surface area contributed by atoms with E-state index in [-0.39, 0.29) is 16.5 Å². The molecule has 2 rings (SSSR count). The summed E-state index contributed by atoms with van der Waals surface area (Å²) in [6, 6.07) is 7.67. The zero-order chi connectivity index (χ0) is 15.5. The van der Waals surface area contributed by atoms with Crippen LogP contribution in [0.25, 0.3) is 0 Å². The van der Waals surface area contributed by atoms with Crippen LogP contribution in [0.4, 0.5) is 5.69 Å². The summed E-state index contributed by atoms with van der Waals surface area (Å²) in [6.07, 6.45) is 1.51. The Balaban J connectivity index is 2.36. The van der Waals surface area contributed by atoms with E-state index in [2.05, 4.69) is 25.6 Å². The van der Waals surface area contributed by atoms with E-state index in [1.807, 2.05) is 0 Å². The number of pyridine rings is 1. The number of methoxy groups -OCH3 is 2. The number of sulfonamides is 1. The van der Waals surface area contributed by atoms with Gasteiger partial charge in [0.25, 0.3) is 10.0 Å². The molecule has 21 heavy (non-hydrogen) atoms. The molecule has 1 heterocycles. The first kappa shape index (κ1) is 15.6. The Labute approximate surface area is 131 Å². The van der Waals surface area contributed by atoms with Gasteiger partial charge in [-0.25, -0.2) is 13.4 Å². The molecule has 0 saturated carbocycles. The predicted octanol–water partition coefficient (Wildman–Crippen LogP) is 2.66. The Morgan fingerprint density at radius 2 is 1.95 bits per heavy atom. The van der Waals surface area contributed by atoms with Gasteiger partial charge in [0.15, 0.2) is 0 Å². The number of nitrogens with one attached hydrogen (secondary N) is 1. The number of rotatable bonds is 5. The molecule has 0 aliphatic carbocycles. The molecule has 0 bridgehead atoms. The first-order valence-corrected chi connectivity index (χ1v) is 8.11. The summed E-state index contributed by atoms with van der Waals surface area (Å²) >= 11 is 3.26. The minimum atomic E-state index is -3.75. The highest BCUT2D eigenvalue weighted by atomic mass is 79.9. The molecule has 0 fully saturated rings.